The largest absolute Gasteiger partial charge is 0.466 e. The minimum atomic E-state index is -0.872. The van der Waals surface area contributed by atoms with Crippen LogP contribution >= 0.6 is 0 Å². The fourth-order valence-electron chi connectivity index (χ4n) is 3.70. The van der Waals surface area contributed by atoms with Crippen molar-refractivity contribution in [1.29, 1.82) is 0 Å². The molecule has 2 N–H and O–H groups in total. The average Bonchev–Trinajstić information content (AvgIpc) is 2.99. The van der Waals surface area contributed by atoms with E-state index in [1.165, 1.54) is 7.11 Å². The van der Waals surface area contributed by atoms with Crippen LogP contribution in [0, 0.1) is 0 Å². The van der Waals surface area contributed by atoms with Crippen LogP contribution in [0.3, 0.4) is 0 Å². The molecule has 0 heterocycles. The van der Waals surface area contributed by atoms with Crippen LogP contribution in [0.1, 0.15) is 98.3 Å². The summed E-state index contributed by atoms with van der Waals surface area (Å²) in [6, 6.07) is -0.872. The molecule has 0 aliphatic carbocycles. The van der Waals surface area contributed by atoms with Crippen LogP contribution in [0.25, 0.3) is 0 Å². The Labute approximate surface area is 271 Å². The van der Waals surface area contributed by atoms with Gasteiger partial charge in [0.25, 0.3) is 0 Å². The number of methoxy groups -OCH3 is 1. The van der Waals surface area contributed by atoms with Gasteiger partial charge in [0.1, 0.15) is 11.6 Å². The molecule has 0 bridgehead atoms. The molecule has 0 saturated heterocycles. The van der Waals surface area contributed by atoms with Crippen LogP contribution in [0.15, 0.2) is 85.1 Å². The minimum absolute atomic E-state index is 0.0283. The highest BCUT2D eigenvalue weighted by Gasteiger charge is 2.25. The monoisotopic (exact) mass is 624 g/mol. The molecular weight excluding hydrogens is 568 g/mol. The summed E-state index contributed by atoms with van der Waals surface area (Å²) in [6.07, 6.45) is 36.2. The third-order valence-corrected chi connectivity index (χ3v) is 5.96. The molecule has 0 aromatic rings. The van der Waals surface area contributed by atoms with Crippen molar-refractivity contribution in [3.8, 4) is 0 Å². The van der Waals surface area contributed by atoms with Crippen LogP contribution in [0.4, 0.5) is 0 Å². The standard InChI is InChI=1S/C37H56N2O6/c1-6-7-8-9-10-11-12-13-14-15-16-17-18-19-20-21-22-23-24-28-33(40)38-31-26-25-27-32(36(43)45-37(2,3)4)39-34(41)29-30-35(42)44-5/h7-8,10-11,13-14,16-17,19-20,22-23,29-30,32H,6,9,12,15,18,21,24-28,31H2,1-5H3,(H,38,40)(H,39,41)/b8-7?,11-10-,14-13-,17-16-,20-19-,23-22-,30-29+/t32-/m0/s1. The Bertz CT molecular complexity index is 1060. The van der Waals surface area contributed by atoms with Crippen molar-refractivity contribution in [1.82, 2.24) is 10.6 Å². The molecule has 2 amide bonds. The fourth-order valence-corrected chi connectivity index (χ4v) is 3.70. The van der Waals surface area contributed by atoms with Crippen LogP contribution in [-0.4, -0.2) is 49.1 Å². The number of esters is 2. The summed E-state index contributed by atoms with van der Waals surface area (Å²) in [5.74, 6) is -1.85. The van der Waals surface area contributed by atoms with Gasteiger partial charge in [-0.05, 0) is 85.0 Å². The Morgan fingerprint density at radius 3 is 1.71 bits per heavy atom. The molecule has 0 aliphatic heterocycles. The van der Waals surface area contributed by atoms with E-state index in [1.807, 2.05) is 6.08 Å². The lowest BCUT2D eigenvalue weighted by atomic mass is 10.1. The maximum atomic E-state index is 12.6. The van der Waals surface area contributed by atoms with E-state index in [2.05, 4.69) is 89.1 Å². The lowest BCUT2D eigenvalue weighted by molar-refractivity contribution is -0.158. The number of unbranched alkanes of at least 4 members (excludes halogenated alkanes) is 1. The Hall–Kier alpha value is -3.94. The van der Waals surface area contributed by atoms with Gasteiger partial charge in [-0.25, -0.2) is 9.59 Å². The lowest BCUT2D eigenvalue weighted by Crippen LogP contribution is -2.43. The Balaban J connectivity index is 4.13. The molecule has 250 valence electrons. The quantitative estimate of drug-likeness (QED) is 0.0534. The molecule has 0 aromatic carbocycles. The molecule has 0 spiro atoms. The van der Waals surface area contributed by atoms with Gasteiger partial charge in [-0.1, -0.05) is 79.8 Å². The number of hydrogen-bond acceptors (Lipinski definition) is 6. The zero-order valence-electron chi connectivity index (χ0n) is 28.1. The van der Waals surface area contributed by atoms with E-state index < -0.39 is 29.5 Å². The number of carbonyl (C=O) groups excluding carboxylic acids is 4. The van der Waals surface area contributed by atoms with Gasteiger partial charge < -0.3 is 20.1 Å². The zero-order chi connectivity index (χ0) is 33.6. The number of ether oxygens (including phenoxy) is 2. The highest BCUT2D eigenvalue weighted by atomic mass is 16.6. The molecule has 0 aliphatic rings. The van der Waals surface area contributed by atoms with Gasteiger partial charge in [-0.15, -0.1) is 0 Å². The molecule has 0 unspecified atom stereocenters. The van der Waals surface area contributed by atoms with Gasteiger partial charge in [-0.2, -0.15) is 0 Å². The minimum Gasteiger partial charge on any atom is -0.466 e. The number of carbonyl (C=O) groups is 4. The van der Waals surface area contributed by atoms with Gasteiger partial charge in [0.15, 0.2) is 0 Å². The molecule has 0 saturated carbocycles. The van der Waals surface area contributed by atoms with Crippen LogP contribution < -0.4 is 10.6 Å². The highest BCUT2D eigenvalue weighted by Crippen LogP contribution is 2.12. The predicted molar refractivity (Wildman–Crippen MR) is 183 cm³/mol. The van der Waals surface area contributed by atoms with Crippen molar-refractivity contribution >= 4 is 23.8 Å². The number of rotatable bonds is 23. The van der Waals surface area contributed by atoms with E-state index >= 15 is 0 Å². The maximum Gasteiger partial charge on any atom is 0.330 e. The van der Waals surface area contributed by atoms with Crippen LogP contribution in [0.2, 0.25) is 0 Å². The number of nitrogens with one attached hydrogen (secondary N) is 2. The van der Waals surface area contributed by atoms with Gasteiger partial charge in [0.05, 0.1) is 7.11 Å². The van der Waals surface area contributed by atoms with Crippen molar-refractivity contribution in [3.63, 3.8) is 0 Å². The average molecular weight is 625 g/mol. The zero-order valence-corrected chi connectivity index (χ0v) is 28.1. The molecule has 0 aromatic heterocycles. The van der Waals surface area contributed by atoms with Crippen molar-refractivity contribution in [2.45, 2.75) is 110 Å². The van der Waals surface area contributed by atoms with Gasteiger partial charge in [0.2, 0.25) is 11.8 Å². The number of allylic oxidation sites excluding steroid dienone is 12. The first-order chi connectivity index (χ1) is 21.6. The van der Waals surface area contributed by atoms with Gasteiger partial charge >= 0.3 is 11.9 Å². The topological polar surface area (TPSA) is 111 Å². The van der Waals surface area contributed by atoms with Gasteiger partial charge in [-0.3, -0.25) is 9.59 Å². The smallest absolute Gasteiger partial charge is 0.330 e. The summed E-state index contributed by atoms with van der Waals surface area (Å²) >= 11 is 0. The van der Waals surface area contributed by atoms with E-state index in [0.717, 1.165) is 50.7 Å². The second-order valence-electron chi connectivity index (χ2n) is 11.3. The third kappa shape index (κ3) is 28.6. The van der Waals surface area contributed by atoms with Crippen molar-refractivity contribution in [2.24, 2.45) is 0 Å². The Morgan fingerprint density at radius 2 is 1.22 bits per heavy atom. The van der Waals surface area contributed by atoms with Crippen molar-refractivity contribution < 1.29 is 28.7 Å². The summed E-state index contributed by atoms with van der Waals surface area (Å²) in [7, 11) is 1.21. The highest BCUT2D eigenvalue weighted by molar-refractivity contribution is 5.96. The van der Waals surface area contributed by atoms with Crippen LogP contribution in [0.5, 0.6) is 0 Å². The van der Waals surface area contributed by atoms with Crippen molar-refractivity contribution in [3.05, 3.63) is 85.1 Å². The molecule has 0 fully saturated rings. The van der Waals surface area contributed by atoms with E-state index in [0.29, 0.717) is 38.6 Å². The van der Waals surface area contributed by atoms with E-state index in [9.17, 15) is 19.2 Å². The summed E-state index contributed by atoms with van der Waals surface area (Å²) < 4.78 is 9.88. The second-order valence-corrected chi connectivity index (χ2v) is 11.3. The molecule has 1 atom stereocenters. The Morgan fingerprint density at radius 1 is 0.711 bits per heavy atom. The predicted octanol–water partition coefficient (Wildman–Crippen LogP) is 7.31. The maximum absolute atomic E-state index is 12.6. The van der Waals surface area contributed by atoms with Crippen LogP contribution in [-0.2, 0) is 28.7 Å². The van der Waals surface area contributed by atoms with E-state index in [1.54, 1.807) is 20.8 Å². The first-order valence-corrected chi connectivity index (χ1v) is 16.0. The number of hydrogen-bond donors (Lipinski definition) is 2. The van der Waals surface area contributed by atoms with Crippen molar-refractivity contribution in [2.75, 3.05) is 13.7 Å². The molecular formula is C37H56N2O6. The summed E-state index contributed by atoms with van der Waals surface area (Å²) in [5, 5.41) is 5.47. The molecule has 8 nitrogen and oxygen atoms in total. The molecule has 8 heteroatoms. The second kappa shape index (κ2) is 27.6. The fraction of sp³-hybridized carbons (Fsp3) is 0.514. The molecule has 0 rings (SSSR count). The van der Waals surface area contributed by atoms with E-state index in [-0.39, 0.29) is 5.91 Å². The van der Waals surface area contributed by atoms with E-state index in [4.69, 9.17) is 4.74 Å². The van der Waals surface area contributed by atoms with Gasteiger partial charge in [0, 0.05) is 25.1 Å². The first-order valence-electron chi connectivity index (χ1n) is 16.0. The first kappa shape index (κ1) is 41.1. The Kier molecular flexibility index (Phi) is 25.2. The summed E-state index contributed by atoms with van der Waals surface area (Å²) in [6.45, 7) is 7.85. The summed E-state index contributed by atoms with van der Waals surface area (Å²) in [5.41, 5.74) is -0.709. The normalized spacial score (nSPS) is 13.3. The summed E-state index contributed by atoms with van der Waals surface area (Å²) in [4.78, 5) is 48.1. The third-order valence-electron chi connectivity index (χ3n) is 5.96. The number of amides is 2. The molecule has 45 heavy (non-hydrogen) atoms. The SMILES string of the molecule is CCC=CC/C=C\C/C=C\C/C=C\C/C=C\C/C=C\CCC(=O)NCCCC[C@H](NC(=O)/C=C/C(=O)OC)C(=O)OC(C)(C)C. The molecule has 0 radical (unpaired) electrons. The lowest BCUT2D eigenvalue weighted by Gasteiger charge is -2.24.